The van der Waals surface area contributed by atoms with Crippen LogP contribution in [0.5, 0.6) is 0 Å². The largest absolute Gasteiger partial charge is 0.459 e. The summed E-state index contributed by atoms with van der Waals surface area (Å²) in [6.45, 7) is 0. The molecular weight excluding hydrogens is 233 g/mol. The van der Waals surface area contributed by atoms with Crippen LogP contribution >= 0.6 is 0 Å². The Hall–Kier alpha value is -1.47. The summed E-state index contributed by atoms with van der Waals surface area (Å²) >= 11 is 0. The fraction of sp³-hybridized carbons (Fsp3) is 0.500. The lowest BCUT2D eigenvalue weighted by molar-refractivity contribution is -0.291. The number of aromatic nitrogens is 2. The average molecular weight is 241 g/mol. The van der Waals surface area contributed by atoms with E-state index in [-0.39, 0.29) is 5.82 Å². The summed E-state index contributed by atoms with van der Waals surface area (Å²) in [5.74, 6) is -4.79. The van der Waals surface area contributed by atoms with Crippen molar-refractivity contribution in [3.63, 3.8) is 0 Å². The number of nitrogens with zero attached hydrogens (tertiary/aromatic N) is 3. The standard InChI is InChI=1S/C8H8F5N3/c1-16(2)6-4-3-5(14-15-6)7(9,10)8(11,12)13/h3-4H,1-2H3. The third-order valence-corrected chi connectivity index (χ3v) is 1.79. The van der Waals surface area contributed by atoms with Gasteiger partial charge in [0.15, 0.2) is 5.82 Å². The Balaban J connectivity index is 3.07. The summed E-state index contributed by atoms with van der Waals surface area (Å²) < 4.78 is 61.4. The summed E-state index contributed by atoms with van der Waals surface area (Å²) in [7, 11) is 3.12. The normalized spacial score (nSPS) is 12.7. The minimum Gasteiger partial charge on any atom is -0.361 e. The molecule has 0 amide bonds. The van der Waals surface area contributed by atoms with Crippen LogP contribution in [-0.2, 0) is 5.92 Å². The summed E-state index contributed by atoms with van der Waals surface area (Å²) in [6, 6.07) is 1.65. The number of halogens is 5. The zero-order valence-corrected chi connectivity index (χ0v) is 8.39. The maximum atomic E-state index is 12.8. The second kappa shape index (κ2) is 3.84. The van der Waals surface area contributed by atoms with E-state index in [0.29, 0.717) is 6.07 Å². The highest BCUT2D eigenvalue weighted by molar-refractivity contribution is 5.35. The molecule has 1 rings (SSSR count). The van der Waals surface area contributed by atoms with Crippen molar-refractivity contribution in [1.82, 2.24) is 10.2 Å². The molecule has 0 bridgehead atoms. The van der Waals surface area contributed by atoms with Crippen molar-refractivity contribution in [1.29, 1.82) is 0 Å². The molecule has 0 fully saturated rings. The van der Waals surface area contributed by atoms with E-state index in [1.165, 1.54) is 4.90 Å². The van der Waals surface area contributed by atoms with Crippen LogP contribution in [0.2, 0.25) is 0 Å². The molecule has 0 unspecified atom stereocenters. The Morgan fingerprint density at radius 3 is 1.88 bits per heavy atom. The van der Waals surface area contributed by atoms with Crippen molar-refractivity contribution >= 4 is 5.82 Å². The molecule has 0 saturated carbocycles. The molecule has 0 saturated heterocycles. The van der Waals surface area contributed by atoms with Gasteiger partial charge in [-0.05, 0) is 12.1 Å². The van der Waals surface area contributed by atoms with Crippen LogP contribution in [0, 0.1) is 0 Å². The fourth-order valence-electron chi connectivity index (χ4n) is 0.876. The van der Waals surface area contributed by atoms with Crippen molar-refractivity contribution < 1.29 is 22.0 Å². The van der Waals surface area contributed by atoms with Gasteiger partial charge in [-0.25, -0.2) is 0 Å². The molecule has 0 N–H and O–H groups in total. The molecule has 90 valence electrons. The Bertz CT molecular complexity index is 357. The van der Waals surface area contributed by atoms with Crippen LogP contribution < -0.4 is 4.90 Å². The van der Waals surface area contributed by atoms with Crippen molar-refractivity contribution in [2.24, 2.45) is 0 Å². The van der Waals surface area contributed by atoms with Crippen LogP contribution in [0.15, 0.2) is 12.1 Å². The lowest BCUT2D eigenvalue weighted by Crippen LogP contribution is -2.34. The molecule has 1 heterocycles. The van der Waals surface area contributed by atoms with E-state index in [1.54, 1.807) is 14.1 Å². The molecule has 16 heavy (non-hydrogen) atoms. The maximum Gasteiger partial charge on any atom is 0.459 e. The molecule has 1 aromatic heterocycles. The maximum absolute atomic E-state index is 12.8. The van der Waals surface area contributed by atoms with Gasteiger partial charge in [-0.1, -0.05) is 0 Å². The van der Waals surface area contributed by atoms with Crippen LogP contribution in [0.4, 0.5) is 27.8 Å². The van der Waals surface area contributed by atoms with Gasteiger partial charge in [-0.15, -0.1) is 10.2 Å². The predicted octanol–water partition coefficient (Wildman–Crippen LogP) is 2.20. The van der Waals surface area contributed by atoms with E-state index in [9.17, 15) is 22.0 Å². The first-order valence-corrected chi connectivity index (χ1v) is 4.12. The van der Waals surface area contributed by atoms with E-state index < -0.39 is 17.8 Å². The molecule has 8 heteroatoms. The number of hydrogen-bond acceptors (Lipinski definition) is 3. The van der Waals surface area contributed by atoms with Gasteiger partial charge in [0, 0.05) is 14.1 Å². The lowest BCUT2D eigenvalue weighted by Gasteiger charge is -2.19. The number of anilines is 1. The Morgan fingerprint density at radius 1 is 1.00 bits per heavy atom. The fourth-order valence-corrected chi connectivity index (χ4v) is 0.876. The van der Waals surface area contributed by atoms with Crippen molar-refractivity contribution in [2.75, 3.05) is 19.0 Å². The van der Waals surface area contributed by atoms with E-state index in [0.717, 1.165) is 6.07 Å². The van der Waals surface area contributed by atoms with Gasteiger partial charge in [0.2, 0.25) is 0 Å². The van der Waals surface area contributed by atoms with Gasteiger partial charge in [0.05, 0.1) is 0 Å². The average Bonchev–Trinajstić information content (AvgIpc) is 2.16. The third-order valence-electron chi connectivity index (χ3n) is 1.79. The first-order chi connectivity index (χ1) is 7.16. The van der Waals surface area contributed by atoms with Gasteiger partial charge < -0.3 is 4.90 Å². The van der Waals surface area contributed by atoms with Crippen LogP contribution in [0.1, 0.15) is 5.69 Å². The second-order valence-corrected chi connectivity index (χ2v) is 3.24. The molecular formula is C8H8F5N3. The molecule has 0 aliphatic carbocycles. The van der Waals surface area contributed by atoms with Crippen LogP contribution in [-0.4, -0.2) is 30.5 Å². The zero-order chi connectivity index (χ0) is 12.6. The minimum atomic E-state index is -5.67. The number of alkyl halides is 5. The molecule has 0 radical (unpaired) electrons. The monoisotopic (exact) mass is 241 g/mol. The Kier molecular flexibility index (Phi) is 3.02. The lowest BCUT2D eigenvalue weighted by atomic mass is 10.2. The van der Waals surface area contributed by atoms with Gasteiger partial charge >= 0.3 is 12.1 Å². The minimum absolute atomic E-state index is 0.196. The van der Waals surface area contributed by atoms with Crippen LogP contribution in [0.25, 0.3) is 0 Å². The Labute approximate surface area is 87.9 Å². The quantitative estimate of drug-likeness (QED) is 0.743. The SMILES string of the molecule is CN(C)c1ccc(C(F)(F)C(F)(F)F)nn1. The zero-order valence-electron chi connectivity index (χ0n) is 8.39. The smallest absolute Gasteiger partial charge is 0.361 e. The summed E-state index contributed by atoms with van der Waals surface area (Å²) in [6.07, 6.45) is -5.67. The second-order valence-electron chi connectivity index (χ2n) is 3.24. The van der Waals surface area contributed by atoms with Crippen LogP contribution in [0.3, 0.4) is 0 Å². The Morgan fingerprint density at radius 2 is 1.56 bits per heavy atom. The number of rotatable bonds is 2. The molecule has 0 atom stereocenters. The van der Waals surface area contributed by atoms with Crippen molar-refractivity contribution in [3.8, 4) is 0 Å². The van der Waals surface area contributed by atoms with Crippen molar-refractivity contribution in [3.05, 3.63) is 17.8 Å². The summed E-state index contributed by atoms with van der Waals surface area (Å²) in [5.41, 5.74) is -1.41. The highest BCUT2D eigenvalue weighted by atomic mass is 19.4. The molecule has 0 aliphatic heterocycles. The molecule has 0 spiro atoms. The first-order valence-electron chi connectivity index (χ1n) is 4.12. The third kappa shape index (κ3) is 2.20. The highest BCUT2D eigenvalue weighted by Crippen LogP contribution is 2.42. The van der Waals surface area contributed by atoms with E-state index in [4.69, 9.17) is 0 Å². The van der Waals surface area contributed by atoms with E-state index >= 15 is 0 Å². The summed E-state index contributed by atoms with van der Waals surface area (Å²) in [4.78, 5) is 1.43. The summed E-state index contributed by atoms with van der Waals surface area (Å²) in [5, 5.41) is 6.13. The molecule has 0 aromatic carbocycles. The van der Waals surface area contributed by atoms with E-state index in [1.807, 2.05) is 0 Å². The van der Waals surface area contributed by atoms with Gasteiger partial charge in [0.25, 0.3) is 0 Å². The van der Waals surface area contributed by atoms with Gasteiger partial charge in [-0.3, -0.25) is 0 Å². The topological polar surface area (TPSA) is 29.0 Å². The molecule has 3 nitrogen and oxygen atoms in total. The van der Waals surface area contributed by atoms with Crippen molar-refractivity contribution in [2.45, 2.75) is 12.1 Å². The van der Waals surface area contributed by atoms with E-state index in [2.05, 4.69) is 10.2 Å². The molecule has 0 aliphatic rings. The first kappa shape index (κ1) is 12.6. The van der Waals surface area contributed by atoms with Gasteiger partial charge in [0.1, 0.15) is 5.69 Å². The van der Waals surface area contributed by atoms with Gasteiger partial charge in [-0.2, -0.15) is 22.0 Å². The number of hydrogen-bond donors (Lipinski definition) is 0. The highest BCUT2D eigenvalue weighted by Gasteiger charge is 2.60. The molecule has 1 aromatic rings. The predicted molar refractivity (Wildman–Crippen MR) is 46.3 cm³/mol.